The molecule has 2 aromatic carbocycles. The number of benzene rings is 2. The number of carboxylic acids is 1. The molecule has 1 aliphatic heterocycles. The van der Waals surface area contributed by atoms with Gasteiger partial charge in [0.05, 0.1) is 22.3 Å². The first kappa shape index (κ1) is 30.6. The Morgan fingerprint density at radius 3 is 1.82 bits per heavy atom. The average molecular weight is 581 g/mol. The fourth-order valence-corrected chi connectivity index (χ4v) is 4.70. The number of carbonyl (C=O) groups is 1. The van der Waals surface area contributed by atoms with Crippen molar-refractivity contribution >= 4 is 5.97 Å². The van der Waals surface area contributed by atoms with Crippen LogP contribution in [0, 0.1) is 5.92 Å². The SMILES string of the molecule is O=C(O)CC1CCN(Cc2cc(C(F)(F)F)ccc2C(F)(F)F)C(c2ccc(C(F)(F)F)cc2C(F)(F)F)C1. The summed E-state index contributed by atoms with van der Waals surface area (Å²) in [6.45, 7) is -1.25. The molecule has 0 aliphatic carbocycles. The summed E-state index contributed by atoms with van der Waals surface area (Å²) in [4.78, 5) is 12.2. The van der Waals surface area contributed by atoms with Gasteiger partial charge in [-0.3, -0.25) is 9.69 Å². The van der Waals surface area contributed by atoms with E-state index in [-0.39, 0.29) is 37.2 Å². The van der Waals surface area contributed by atoms with Crippen molar-refractivity contribution < 1.29 is 62.6 Å². The van der Waals surface area contributed by atoms with Crippen LogP contribution < -0.4 is 0 Å². The van der Waals surface area contributed by atoms with E-state index in [1.54, 1.807) is 0 Å². The topological polar surface area (TPSA) is 40.5 Å². The first-order valence-electron chi connectivity index (χ1n) is 11.2. The highest BCUT2D eigenvalue weighted by molar-refractivity contribution is 5.67. The minimum absolute atomic E-state index is 0.0366. The number of carboxylic acid groups (broad SMARTS) is 1. The van der Waals surface area contributed by atoms with Crippen LogP contribution in [0.3, 0.4) is 0 Å². The largest absolute Gasteiger partial charge is 0.481 e. The van der Waals surface area contributed by atoms with Crippen molar-refractivity contribution in [2.75, 3.05) is 6.54 Å². The summed E-state index contributed by atoms with van der Waals surface area (Å²) in [6, 6.07) is -0.194. The Morgan fingerprint density at radius 2 is 1.31 bits per heavy atom. The molecule has 2 unspecified atom stereocenters. The third-order valence-corrected chi connectivity index (χ3v) is 6.44. The number of hydrogen-bond acceptors (Lipinski definition) is 2. The number of likely N-dealkylation sites (tertiary alicyclic amines) is 1. The molecule has 216 valence electrons. The van der Waals surface area contributed by atoms with Gasteiger partial charge in [-0.2, -0.15) is 52.7 Å². The molecule has 39 heavy (non-hydrogen) atoms. The Balaban J connectivity index is 2.15. The van der Waals surface area contributed by atoms with Crippen LogP contribution in [0.2, 0.25) is 0 Å². The first-order chi connectivity index (χ1) is 17.7. The van der Waals surface area contributed by atoms with Gasteiger partial charge in [-0.25, -0.2) is 0 Å². The quantitative estimate of drug-likeness (QED) is 0.362. The van der Waals surface area contributed by atoms with Crippen LogP contribution in [0.5, 0.6) is 0 Å². The minimum Gasteiger partial charge on any atom is -0.481 e. The van der Waals surface area contributed by atoms with Crippen LogP contribution in [-0.4, -0.2) is 22.5 Å². The van der Waals surface area contributed by atoms with Gasteiger partial charge >= 0.3 is 30.7 Å². The summed E-state index contributed by atoms with van der Waals surface area (Å²) in [5.41, 5.74) is -7.94. The van der Waals surface area contributed by atoms with Crippen molar-refractivity contribution in [1.82, 2.24) is 4.90 Å². The van der Waals surface area contributed by atoms with Crippen LogP contribution in [0.25, 0.3) is 0 Å². The van der Waals surface area contributed by atoms with Crippen LogP contribution in [0.1, 0.15) is 58.7 Å². The summed E-state index contributed by atoms with van der Waals surface area (Å²) < 4.78 is 162. The molecule has 0 spiro atoms. The van der Waals surface area contributed by atoms with E-state index >= 15 is 0 Å². The van der Waals surface area contributed by atoms with Crippen molar-refractivity contribution in [3.63, 3.8) is 0 Å². The lowest BCUT2D eigenvalue weighted by Crippen LogP contribution is -2.38. The van der Waals surface area contributed by atoms with Gasteiger partial charge in [0.2, 0.25) is 0 Å². The molecular weight excluding hydrogens is 562 g/mol. The average Bonchev–Trinajstić information content (AvgIpc) is 2.76. The number of halogens is 12. The zero-order valence-corrected chi connectivity index (χ0v) is 19.5. The Kier molecular flexibility index (Phi) is 8.26. The summed E-state index contributed by atoms with van der Waals surface area (Å²) in [5.74, 6) is -2.12. The van der Waals surface area contributed by atoms with Crippen LogP contribution in [-0.2, 0) is 36.0 Å². The zero-order valence-electron chi connectivity index (χ0n) is 19.5. The Morgan fingerprint density at radius 1 is 0.769 bits per heavy atom. The molecule has 1 aliphatic rings. The molecule has 1 N–H and O–H groups in total. The van der Waals surface area contributed by atoms with Crippen molar-refractivity contribution in [2.45, 2.75) is 56.6 Å². The predicted octanol–water partition coefficient (Wildman–Crippen LogP) is 8.19. The smallest absolute Gasteiger partial charge is 0.416 e. The van der Waals surface area contributed by atoms with E-state index in [0.717, 1.165) is 4.90 Å². The van der Waals surface area contributed by atoms with E-state index < -0.39 is 95.4 Å². The maximum absolute atomic E-state index is 13.9. The standard InChI is InChI=1S/C24H19F12NO2/c25-21(26,27)14-2-4-17(23(31,32)33)13(9-14)11-37-6-5-12(8-20(38)39)7-19(37)16-3-1-15(22(28,29)30)10-18(16)24(34,35)36/h1-4,9-10,12,19H,5-8,11H2,(H,38,39). The van der Waals surface area contributed by atoms with Gasteiger partial charge in [-0.15, -0.1) is 0 Å². The van der Waals surface area contributed by atoms with Gasteiger partial charge in [0.15, 0.2) is 0 Å². The Bertz CT molecular complexity index is 1200. The second kappa shape index (κ2) is 10.5. The highest BCUT2D eigenvalue weighted by atomic mass is 19.4. The molecule has 1 fully saturated rings. The molecular formula is C24H19F12NO2. The van der Waals surface area contributed by atoms with Crippen LogP contribution in [0.4, 0.5) is 52.7 Å². The number of rotatable bonds is 5. The van der Waals surface area contributed by atoms with Crippen molar-refractivity contribution in [1.29, 1.82) is 0 Å². The highest BCUT2D eigenvalue weighted by Crippen LogP contribution is 2.45. The second-order valence-electron chi connectivity index (χ2n) is 9.14. The minimum atomic E-state index is -5.34. The van der Waals surface area contributed by atoms with E-state index in [1.807, 2.05) is 0 Å². The molecule has 0 radical (unpaired) electrons. The number of alkyl halides is 12. The van der Waals surface area contributed by atoms with Gasteiger partial charge < -0.3 is 5.11 Å². The lowest BCUT2D eigenvalue weighted by molar-refractivity contribution is -0.145. The first-order valence-corrected chi connectivity index (χ1v) is 11.2. The molecule has 0 amide bonds. The summed E-state index contributed by atoms with van der Waals surface area (Å²) >= 11 is 0. The highest BCUT2D eigenvalue weighted by Gasteiger charge is 2.43. The van der Waals surface area contributed by atoms with Crippen LogP contribution in [0.15, 0.2) is 36.4 Å². The van der Waals surface area contributed by atoms with Crippen molar-refractivity contribution in [3.05, 3.63) is 69.8 Å². The summed E-state index contributed by atoms with van der Waals surface area (Å²) in [5, 5.41) is 9.12. The van der Waals surface area contributed by atoms with E-state index in [1.165, 1.54) is 0 Å². The predicted molar refractivity (Wildman–Crippen MR) is 111 cm³/mol. The monoisotopic (exact) mass is 581 g/mol. The molecule has 2 aromatic rings. The van der Waals surface area contributed by atoms with Gasteiger partial charge in [-0.1, -0.05) is 6.07 Å². The van der Waals surface area contributed by atoms with E-state index in [0.29, 0.717) is 12.1 Å². The molecule has 15 heteroatoms. The fraction of sp³-hybridized carbons (Fsp3) is 0.458. The van der Waals surface area contributed by atoms with Gasteiger partial charge in [0.25, 0.3) is 0 Å². The third-order valence-electron chi connectivity index (χ3n) is 6.44. The van der Waals surface area contributed by atoms with Gasteiger partial charge in [-0.05, 0) is 66.8 Å². The fourth-order valence-electron chi connectivity index (χ4n) is 4.70. The summed E-state index contributed by atoms with van der Waals surface area (Å²) in [7, 11) is 0. The lowest BCUT2D eigenvalue weighted by atomic mass is 9.82. The number of nitrogens with zero attached hydrogens (tertiary/aromatic N) is 1. The normalized spacial score (nSPS) is 19.8. The number of hydrogen-bond donors (Lipinski definition) is 1. The molecule has 2 atom stereocenters. The third kappa shape index (κ3) is 7.37. The molecule has 1 saturated heterocycles. The van der Waals surface area contributed by atoms with E-state index in [2.05, 4.69) is 0 Å². The van der Waals surface area contributed by atoms with Gasteiger partial charge in [0, 0.05) is 19.0 Å². The maximum atomic E-state index is 13.9. The molecule has 3 nitrogen and oxygen atoms in total. The Labute approximate surface area is 213 Å². The second-order valence-corrected chi connectivity index (χ2v) is 9.14. The lowest BCUT2D eigenvalue weighted by Gasteiger charge is -2.41. The molecule has 0 saturated carbocycles. The number of piperidine rings is 1. The molecule has 0 bridgehead atoms. The molecule has 3 rings (SSSR count). The molecule has 0 aromatic heterocycles. The molecule has 1 heterocycles. The van der Waals surface area contributed by atoms with Crippen molar-refractivity contribution in [3.8, 4) is 0 Å². The van der Waals surface area contributed by atoms with Crippen LogP contribution >= 0.6 is 0 Å². The van der Waals surface area contributed by atoms with E-state index in [9.17, 15) is 57.5 Å². The Hall–Kier alpha value is -2.97. The number of aliphatic carboxylic acids is 1. The van der Waals surface area contributed by atoms with E-state index in [4.69, 9.17) is 5.11 Å². The maximum Gasteiger partial charge on any atom is 0.416 e. The zero-order chi connectivity index (χ0) is 29.6. The van der Waals surface area contributed by atoms with Gasteiger partial charge in [0.1, 0.15) is 0 Å². The summed E-state index contributed by atoms with van der Waals surface area (Å²) in [6.07, 6.45) is -21.6. The van der Waals surface area contributed by atoms with Crippen molar-refractivity contribution in [2.24, 2.45) is 5.92 Å².